The third-order valence-corrected chi connectivity index (χ3v) is 5.55. The van der Waals surface area contributed by atoms with Crippen molar-refractivity contribution in [3.05, 3.63) is 108 Å². The lowest BCUT2D eigenvalue weighted by Crippen LogP contribution is -2.53. The van der Waals surface area contributed by atoms with Crippen molar-refractivity contribution in [2.75, 3.05) is 6.61 Å². The number of hydrogen-bond acceptors (Lipinski definition) is 3. The van der Waals surface area contributed by atoms with E-state index in [2.05, 4.69) is 41.7 Å². The Morgan fingerprint density at radius 1 is 0.821 bits per heavy atom. The molecule has 3 atom stereocenters. The third kappa shape index (κ3) is 4.33. The largest absolute Gasteiger partial charge is 0.389 e. The van der Waals surface area contributed by atoms with Crippen molar-refractivity contribution < 1.29 is 9.84 Å². The van der Waals surface area contributed by atoms with Crippen LogP contribution >= 0.6 is 0 Å². The number of aliphatic hydroxyl groups is 1. The van der Waals surface area contributed by atoms with Crippen LogP contribution in [0.25, 0.3) is 0 Å². The van der Waals surface area contributed by atoms with E-state index < -0.39 is 6.10 Å². The first-order valence-electron chi connectivity index (χ1n) is 10.00. The maximum Gasteiger partial charge on any atom is 0.0964 e. The van der Waals surface area contributed by atoms with Crippen LogP contribution in [0.3, 0.4) is 0 Å². The lowest BCUT2D eigenvalue weighted by molar-refractivity contribution is -0.0974. The van der Waals surface area contributed by atoms with E-state index in [1.54, 1.807) is 0 Å². The summed E-state index contributed by atoms with van der Waals surface area (Å²) in [7, 11) is 0. The van der Waals surface area contributed by atoms with Crippen LogP contribution < -0.4 is 5.32 Å². The van der Waals surface area contributed by atoms with Crippen LogP contribution in [0.5, 0.6) is 0 Å². The number of benzene rings is 3. The Morgan fingerprint density at radius 2 is 1.36 bits per heavy atom. The van der Waals surface area contributed by atoms with Gasteiger partial charge < -0.3 is 15.2 Å². The molecule has 3 unspecified atom stereocenters. The smallest absolute Gasteiger partial charge is 0.0964 e. The molecular formula is C25H27NO2. The van der Waals surface area contributed by atoms with Gasteiger partial charge in [-0.15, -0.1) is 0 Å². The van der Waals surface area contributed by atoms with Crippen molar-refractivity contribution in [1.82, 2.24) is 5.32 Å². The molecule has 3 aromatic rings. The number of aliphatic hydroxyl groups excluding tert-OH is 1. The zero-order valence-corrected chi connectivity index (χ0v) is 15.9. The Kier molecular flexibility index (Phi) is 6.17. The van der Waals surface area contributed by atoms with Gasteiger partial charge in [0.05, 0.1) is 12.2 Å². The molecule has 0 amide bonds. The Bertz CT molecular complexity index is 799. The molecule has 0 spiro atoms. The van der Waals surface area contributed by atoms with E-state index in [-0.39, 0.29) is 18.1 Å². The quantitative estimate of drug-likeness (QED) is 0.683. The molecule has 1 aliphatic rings. The summed E-state index contributed by atoms with van der Waals surface area (Å²) in [4.78, 5) is 0. The van der Waals surface area contributed by atoms with Crippen molar-refractivity contribution in [3.63, 3.8) is 0 Å². The van der Waals surface area contributed by atoms with Gasteiger partial charge in [-0.1, -0.05) is 91.0 Å². The maximum atomic E-state index is 11.2. The van der Waals surface area contributed by atoms with Crippen LogP contribution in [-0.2, 0) is 11.3 Å². The van der Waals surface area contributed by atoms with Gasteiger partial charge in [0.1, 0.15) is 0 Å². The summed E-state index contributed by atoms with van der Waals surface area (Å²) in [6.07, 6.45) is -0.0597. The van der Waals surface area contributed by atoms with E-state index in [0.717, 1.165) is 13.0 Å². The second-order valence-corrected chi connectivity index (χ2v) is 7.39. The first-order valence-corrected chi connectivity index (χ1v) is 10.00. The van der Waals surface area contributed by atoms with Crippen molar-refractivity contribution in [2.24, 2.45) is 0 Å². The predicted octanol–water partition coefficient (Wildman–Crippen LogP) is 4.13. The summed E-state index contributed by atoms with van der Waals surface area (Å²) in [6.45, 7) is 1.39. The fraction of sp³-hybridized carbons (Fsp3) is 0.280. The van der Waals surface area contributed by atoms with E-state index in [1.807, 2.05) is 54.6 Å². The number of rotatable bonds is 6. The minimum Gasteiger partial charge on any atom is -0.389 e. The summed E-state index contributed by atoms with van der Waals surface area (Å²) in [6, 6.07) is 31.0. The topological polar surface area (TPSA) is 41.5 Å². The van der Waals surface area contributed by atoms with Crippen molar-refractivity contribution in [1.29, 1.82) is 0 Å². The lowest BCUT2D eigenvalue weighted by Gasteiger charge is -2.40. The molecule has 0 aromatic heterocycles. The normalized spacial score (nSPS) is 22.3. The lowest BCUT2D eigenvalue weighted by atomic mass is 9.81. The number of hydrogen-bond donors (Lipinski definition) is 2. The molecule has 3 aromatic carbocycles. The molecule has 1 heterocycles. The molecule has 1 aliphatic heterocycles. The molecule has 3 nitrogen and oxygen atoms in total. The highest BCUT2D eigenvalue weighted by molar-refractivity contribution is 5.34. The van der Waals surface area contributed by atoms with Gasteiger partial charge in [-0.25, -0.2) is 0 Å². The predicted molar refractivity (Wildman–Crippen MR) is 112 cm³/mol. The molecule has 0 bridgehead atoms. The Hall–Kier alpha value is -2.46. The standard InChI is InChI=1S/C25H27NO2/c27-24-22(26-18-19-10-4-1-5-11-19)16-17-28-25(24)23(20-12-6-2-7-13-20)21-14-8-3-9-15-21/h1-15,22-27H,16-18H2. The first kappa shape index (κ1) is 18.9. The molecular weight excluding hydrogens is 346 g/mol. The second-order valence-electron chi connectivity index (χ2n) is 7.39. The molecule has 28 heavy (non-hydrogen) atoms. The molecule has 1 saturated heterocycles. The average Bonchev–Trinajstić information content (AvgIpc) is 2.76. The van der Waals surface area contributed by atoms with Crippen molar-refractivity contribution in [2.45, 2.75) is 37.1 Å². The fourth-order valence-corrected chi connectivity index (χ4v) is 4.08. The van der Waals surface area contributed by atoms with Crippen LogP contribution in [0.4, 0.5) is 0 Å². The van der Waals surface area contributed by atoms with Gasteiger partial charge in [-0.3, -0.25) is 0 Å². The highest BCUT2D eigenvalue weighted by Gasteiger charge is 2.38. The van der Waals surface area contributed by atoms with E-state index in [9.17, 15) is 5.11 Å². The van der Waals surface area contributed by atoms with Crippen molar-refractivity contribution in [3.8, 4) is 0 Å². The van der Waals surface area contributed by atoms with Crippen molar-refractivity contribution >= 4 is 0 Å². The minimum atomic E-state index is -0.581. The average molecular weight is 373 g/mol. The van der Waals surface area contributed by atoms with Gasteiger partial charge in [0.2, 0.25) is 0 Å². The second kappa shape index (κ2) is 9.16. The zero-order chi connectivity index (χ0) is 19.2. The van der Waals surface area contributed by atoms with Gasteiger partial charge in [0.25, 0.3) is 0 Å². The monoisotopic (exact) mass is 373 g/mol. The highest BCUT2D eigenvalue weighted by Crippen LogP contribution is 2.34. The Balaban J connectivity index is 1.56. The SMILES string of the molecule is OC1C(NCc2ccccc2)CCOC1C(c1ccccc1)c1ccccc1. The van der Waals surface area contributed by atoms with Crippen LogP contribution in [0.2, 0.25) is 0 Å². The third-order valence-electron chi connectivity index (χ3n) is 5.55. The van der Waals surface area contributed by atoms with E-state index in [4.69, 9.17) is 4.74 Å². The van der Waals surface area contributed by atoms with E-state index in [1.165, 1.54) is 16.7 Å². The van der Waals surface area contributed by atoms with Crippen LogP contribution in [0.1, 0.15) is 29.0 Å². The van der Waals surface area contributed by atoms with Crippen LogP contribution in [0.15, 0.2) is 91.0 Å². The highest BCUT2D eigenvalue weighted by atomic mass is 16.5. The maximum absolute atomic E-state index is 11.2. The van der Waals surface area contributed by atoms with Gasteiger partial charge in [0.15, 0.2) is 0 Å². The molecule has 0 saturated carbocycles. The zero-order valence-electron chi connectivity index (χ0n) is 15.9. The molecule has 0 radical (unpaired) electrons. The van der Waals surface area contributed by atoms with Gasteiger partial charge >= 0.3 is 0 Å². The molecule has 2 N–H and O–H groups in total. The van der Waals surface area contributed by atoms with Crippen LogP contribution in [-0.4, -0.2) is 30.0 Å². The van der Waals surface area contributed by atoms with Gasteiger partial charge in [-0.05, 0) is 23.1 Å². The molecule has 0 aliphatic carbocycles. The molecule has 144 valence electrons. The summed E-state index contributed by atoms with van der Waals surface area (Å²) >= 11 is 0. The summed E-state index contributed by atoms with van der Waals surface area (Å²) in [5, 5.41) is 14.8. The first-order chi connectivity index (χ1) is 13.8. The molecule has 1 fully saturated rings. The minimum absolute atomic E-state index is 0.00118. The molecule has 4 rings (SSSR count). The van der Waals surface area contributed by atoms with Gasteiger partial charge in [0, 0.05) is 25.1 Å². The summed E-state index contributed by atoms with van der Waals surface area (Å²) < 4.78 is 6.15. The Morgan fingerprint density at radius 3 is 1.93 bits per heavy atom. The fourth-order valence-electron chi connectivity index (χ4n) is 4.08. The van der Waals surface area contributed by atoms with E-state index in [0.29, 0.717) is 6.61 Å². The Labute approximate surface area is 167 Å². The summed E-state index contributed by atoms with van der Waals surface area (Å²) in [5.74, 6) is -0.00118. The number of nitrogens with one attached hydrogen (secondary N) is 1. The van der Waals surface area contributed by atoms with E-state index >= 15 is 0 Å². The molecule has 3 heteroatoms. The summed E-state index contributed by atoms with van der Waals surface area (Å²) in [5.41, 5.74) is 3.56. The number of ether oxygens (including phenoxy) is 1. The van der Waals surface area contributed by atoms with Crippen LogP contribution in [0, 0.1) is 0 Å². The van der Waals surface area contributed by atoms with Gasteiger partial charge in [-0.2, -0.15) is 0 Å².